The lowest BCUT2D eigenvalue weighted by atomic mass is 9.90. The van der Waals surface area contributed by atoms with E-state index in [4.69, 9.17) is 0 Å². The van der Waals surface area contributed by atoms with Crippen LogP contribution in [-0.2, 0) is 17.6 Å². The Morgan fingerprint density at radius 3 is 2.64 bits per heavy atom. The lowest BCUT2D eigenvalue weighted by Crippen LogP contribution is -2.45. The molecule has 2 aromatic rings. The van der Waals surface area contributed by atoms with Crippen LogP contribution in [0.5, 0.6) is 0 Å². The molecule has 0 radical (unpaired) electrons. The summed E-state index contributed by atoms with van der Waals surface area (Å²) in [4.78, 5) is 17.2. The van der Waals surface area contributed by atoms with E-state index in [0.29, 0.717) is 18.0 Å². The highest BCUT2D eigenvalue weighted by atomic mass is 19.1. The van der Waals surface area contributed by atoms with Gasteiger partial charge in [0.15, 0.2) is 0 Å². The van der Waals surface area contributed by atoms with Crippen molar-refractivity contribution in [2.45, 2.75) is 45.6 Å². The van der Waals surface area contributed by atoms with E-state index in [1.807, 2.05) is 29.2 Å². The summed E-state index contributed by atoms with van der Waals surface area (Å²) >= 11 is 0. The SMILES string of the molecule is Cc1ccc(CC2CCN(CC(=O)N3c4ccccc4CC3C)CC2)cc1F. The van der Waals surface area contributed by atoms with Crippen molar-refractivity contribution < 1.29 is 9.18 Å². The van der Waals surface area contributed by atoms with Gasteiger partial charge >= 0.3 is 0 Å². The molecule has 1 atom stereocenters. The molecule has 0 aliphatic carbocycles. The van der Waals surface area contributed by atoms with Crippen LogP contribution in [0.2, 0.25) is 0 Å². The predicted molar refractivity (Wildman–Crippen MR) is 111 cm³/mol. The van der Waals surface area contributed by atoms with Crippen LogP contribution >= 0.6 is 0 Å². The Kier molecular flexibility index (Phi) is 5.49. The summed E-state index contributed by atoms with van der Waals surface area (Å²) in [7, 11) is 0. The number of piperidine rings is 1. The molecule has 0 N–H and O–H groups in total. The van der Waals surface area contributed by atoms with Crippen molar-refractivity contribution in [3.63, 3.8) is 0 Å². The first-order valence-electron chi connectivity index (χ1n) is 10.4. The molecular weight excluding hydrogens is 351 g/mol. The number of halogens is 1. The Morgan fingerprint density at radius 2 is 1.89 bits per heavy atom. The summed E-state index contributed by atoms with van der Waals surface area (Å²) in [6, 6.07) is 14.1. The minimum absolute atomic E-state index is 0.111. The first-order chi connectivity index (χ1) is 13.5. The fourth-order valence-corrected chi connectivity index (χ4v) is 4.66. The van der Waals surface area contributed by atoms with E-state index in [2.05, 4.69) is 24.0 Å². The molecule has 0 spiro atoms. The van der Waals surface area contributed by atoms with Gasteiger partial charge in [0, 0.05) is 11.7 Å². The number of anilines is 1. The second-order valence-electron chi connectivity index (χ2n) is 8.45. The van der Waals surface area contributed by atoms with Crippen molar-refractivity contribution in [3.8, 4) is 0 Å². The van der Waals surface area contributed by atoms with E-state index < -0.39 is 0 Å². The Labute approximate surface area is 167 Å². The molecule has 1 saturated heterocycles. The van der Waals surface area contributed by atoms with Gasteiger partial charge in [-0.3, -0.25) is 9.69 Å². The number of hydrogen-bond donors (Lipinski definition) is 0. The molecule has 28 heavy (non-hydrogen) atoms. The minimum Gasteiger partial charge on any atom is -0.308 e. The number of carbonyl (C=O) groups is 1. The van der Waals surface area contributed by atoms with E-state index >= 15 is 0 Å². The number of carbonyl (C=O) groups excluding carboxylic acids is 1. The highest BCUT2D eigenvalue weighted by Crippen LogP contribution is 2.32. The van der Waals surface area contributed by atoms with Crippen LogP contribution in [-0.4, -0.2) is 36.5 Å². The van der Waals surface area contributed by atoms with E-state index in [1.54, 1.807) is 13.0 Å². The second-order valence-corrected chi connectivity index (χ2v) is 8.45. The fraction of sp³-hybridized carbons (Fsp3) is 0.458. The molecule has 0 aromatic heterocycles. The van der Waals surface area contributed by atoms with Gasteiger partial charge in [0.25, 0.3) is 0 Å². The van der Waals surface area contributed by atoms with Gasteiger partial charge < -0.3 is 4.90 Å². The zero-order chi connectivity index (χ0) is 19.7. The summed E-state index contributed by atoms with van der Waals surface area (Å²) in [5.74, 6) is 0.664. The van der Waals surface area contributed by atoms with Gasteiger partial charge in [0.2, 0.25) is 5.91 Å². The van der Waals surface area contributed by atoms with Crippen molar-refractivity contribution in [1.82, 2.24) is 4.90 Å². The van der Waals surface area contributed by atoms with Crippen LogP contribution in [0.25, 0.3) is 0 Å². The van der Waals surface area contributed by atoms with Gasteiger partial charge in [-0.15, -0.1) is 0 Å². The van der Waals surface area contributed by atoms with Crippen LogP contribution in [0.3, 0.4) is 0 Å². The van der Waals surface area contributed by atoms with Crippen LogP contribution in [0, 0.1) is 18.7 Å². The zero-order valence-electron chi connectivity index (χ0n) is 16.8. The maximum Gasteiger partial charge on any atom is 0.241 e. The highest BCUT2D eigenvalue weighted by Gasteiger charge is 2.32. The normalized spacial score (nSPS) is 20.4. The standard InChI is InChI=1S/C24H29FN2O/c1-17-7-8-20(15-22(17)25)14-19-9-11-26(12-10-19)16-24(28)27-18(2)13-21-5-3-4-6-23(21)27/h3-8,15,18-19H,9-14,16H2,1-2H3. The smallest absolute Gasteiger partial charge is 0.241 e. The van der Waals surface area contributed by atoms with Gasteiger partial charge in [-0.2, -0.15) is 0 Å². The lowest BCUT2D eigenvalue weighted by molar-refractivity contribution is -0.120. The van der Waals surface area contributed by atoms with Crippen molar-refractivity contribution >= 4 is 11.6 Å². The molecule has 1 unspecified atom stereocenters. The van der Waals surface area contributed by atoms with Crippen molar-refractivity contribution in [2.75, 3.05) is 24.5 Å². The molecular formula is C24H29FN2O. The molecule has 2 aromatic carbocycles. The van der Waals surface area contributed by atoms with Crippen LogP contribution < -0.4 is 4.90 Å². The molecule has 148 valence electrons. The number of benzene rings is 2. The molecule has 4 rings (SSSR count). The number of likely N-dealkylation sites (tertiary alicyclic amines) is 1. The Balaban J connectivity index is 1.31. The molecule has 3 nitrogen and oxygen atoms in total. The number of hydrogen-bond acceptors (Lipinski definition) is 2. The van der Waals surface area contributed by atoms with E-state index in [9.17, 15) is 9.18 Å². The van der Waals surface area contributed by atoms with Crippen molar-refractivity contribution in [3.05, 3.63) is 65.0 Å². The number of rotatable bonds is 4. The third-order valence-corrected chi connectivity index (χ3v) is 6.30. The Bertz CT molecular complexity index is 857. The summed E-state index contributed by atoms with van der Waals surface area (Å²) in [5, 5.41) is 0. The molecule has 0 bridgehead atoms. The molecule has 2 aliphatic rings. The second kappa shape index (κ2) is 8.04. The largest absolute Gasteiger partial charge is 0.308 e. The van der Waals surface area contributed by atoms with Gasteiger partial charge in [-0.05, 0) is 87.4 Å². The zero-order valence-corrected chi connectivity index (χ0v) is 16.8. The number of fused-ring (bicyclic) bond motifs is 1. The molecule has 1 fully saturated rings. The number of para-hydroxylation sites is 1. The minimum atomic E-state index is -0.111. The molecule has 2 aliphatic heterocycles. The van der Waals surface area contributed by atoms with Gasteiger partial charge in [-0.25, -0.2) is 4.39 Å². The van der Waals surface area contributed by atoms with Crippen LogP contribution in [0.1, 0.15) is 36.5 Å². The Morgan fingerprint density at radius 1 is 1.14 bits per heavy atom. The molecule has 4 heteroatoms. The van der Waals surface area contributed by atoms with Crippen LogP contribution in [0.4, 0.5) is 10.1 Å². The topological polar surface area (TPSA) is 23.6 Å². The first kappa shape index (κ1) is 19.1. The van der Waals surface area contributed by atoms with E-state index in [1.165, 1.54) is 5.56 Å². The van der Waals surface area contributed by atoms with E-state index in [0.717, 1.165) is 50.0 Å². The van der Waals surface area contributed by atoms with Gasteiger partial charge in [-0.1, -0.05) is 30.3 Å². The van der Waals surface area contributed by atoms with Crippen molar-refractivity contribution in [2.24, 2.45) is 5.92 Å². The van der Waals surface area contributed by atoms with E-state index in [-0.39, 0.29) is 17.8 Å². The molecule has 1 amide bonds. The summed E-state index contributed by atoms with van der Waals surface area (Å²) in [6.07, 6.45) is 4.00. The monoisotopic (exact) mass is 380 g/mol. The fourth-order valence-electron chi connectivity index (χ4n) is 4.66. The average molecular weight is 381 g/mol. The van der Waals surface area contributed by atoms with Crippen LogP contribution in [0.15, 0.2) is 42.5 Å². The predicted octanol–water partition coefficient (Wildman–Crippen LogP) is 4.37. The van der Waals surface area contributed by atoms with Gasteiger partial charge in [0.05, 0.1) is 6.54 Å². The quantitative estimate of drug-likeness (QED) is 0.787. The summed E-state index contributed by atoms with van der Waals surface area (Å²) in [6.45, 7) is 6.30. The Hall–Kier alpha value is -2.20. The molecule has 2 heterocycles. The summed E-state index contributed by atoms with van der Waals surface area (Å²) < 4.78 is 13.8. The number of nitrogens with zero attached hydrogens (tertiary/aromatic N) is 2. The third-order valence-electron chi connectivity index (χ3n) is 6.30. The highest BCUT2D eigenvalue weighted by molar-refractivity contribution is 5.97. The molecule has 0 saturated carbocycles. The first-order valence-corrected chi connectivity index (χ1v) is 10.4. The maximum absolute atomic E-state index is 13.8. The summed E-state index contributed by atoms with van der Waals surface area (Å²) in [5.41, 5.74) is 4.14. The number of amides is 1. The number of aryl methyl sites for hydroxylation is 1. The lowest BCUT2D eigenvalue weighted by Gasteiger charge is -2.33. The van der Waals surface area contributed by atoms with Crippen molar-refractivity contribution in [1.29, 1.82) is 0 Å². The third kappa shape index (κ3) is 3.97. The maximum atomic E-state index is 13.8. The van der Waals surface area contributed by atoms with Gasteiger partial charge in [0.1, 0.15) is 5.82 Å². The average Bonchev–Trinajstić information content (AvgIpc) is 3.02.